The topological polar surface area (TPSA) is 46.5 Å². The molecule has 0 bridgehead atoms. The summed E-state index contributed by atoms with van der Waals surface area (Å²) in [5.74, 6) is -1.18. The number of halogens is 6. The van der Waals surface area contributed by atoms with E-state index < -0.39 is 47.8 Å². The van der Waals surface area contributed by atoms with E-state index in [1.54, 1.807) is 6.92 Å². The van der Waals surface area contributed by atoms with Gasteiger partial charge in [0.15, 0.2) is 5.60 Å². The summed E-state index contributed by atoms with van der Waals surface area (Å²) in [4.78, 5) is 12.2. The van der Waals surface area contributed by atoms with Gasteiger partial charge in [0.05, 0.1) is 5.41 Å². The van der Waals surface area contributed by atoms with Gasteiger partial charge in [-0.2, -0.15) is 26.3 Å². The van der Waals surface area contributed by atoms with E-state index in [4.69, 9.17) is 4.74 Å². The highest BCUT2D eigenvalue weighted by Gasteiger charge is 2.81. The van der Waals surface area contributed by atoms with E-state index in [2.05, 4.69) is 0 Å². The van der Waals surface area contributed by atoms with Crippen LogP contribution in [-0.4, -0.2) is 34.6 Å². The van der Waals surface area contributed by atoms with Crippen LogP contribution in [0.25, 0.3) is 0 Å². The monoisotopic (exact) mass is 364 g/mol. The summed E-state index contributed by atoms with van der Waals surface area (Å²) in [6.45, 7) is 4.30. The molecule has 0 aliphatic heterocycles. The van der Waals surface area contributed by atoms with Crippen molar-refractivity contribution in [1.29, 1.82) is 0 Å². The molecule has 0 spiro atoms. The molecule has 1 aliphatic rings. The van der Waals surface area contributed by atoms with Crippen LogP contribution in [-0.2, 0) is 9.53 Å². The molecule has 1 N–H and O–H groups in total. The predicted octanol–water partition coefficient (Wildman–Crippen LogP) is 4.52. The van der Waals surface area contributed by atoms with Crippen molar-refractivity contribution in [3.05, 3.63) is 0 Å². The summed E-state index contributed by atoms with van der Waals surface area (Å²) in [5, 5.41) is 9.82. The minimum Gasteiger partial charge on any atom is -0.455 e. The van der Waals surface area contributed by atoms with Gasteiger partial charge in [0.25, 0.3) is 5.60 Å². The number of alkyl halides is 6. The lowest BCUT2D eigenvalue weighted by Gasteiger charge is -2.49. The lowest BCUT2D eigenvalue weighted by Crippen LogP contribution is -2.72. The summed E-state index contributed by atoms with van der Waals surface area (Å²) in [6, 6.07) is 0. The largest absolute Gasteiger partial charge is 0.455 e. The van der Waals surface area contributed by atoms with Crippen LogP contribution in [0.2, 0.25) is 0 Å². The van der Waals surface area contributed by atoms with E-state index in [0.717, 1.165) is 0 Å². The predicted molar refractivity (Wildman–Crippen MR) is 73.0 cm³/mol. The van der Waals surface area contributed by atoms with Crippen molar-refractivity contribution in [3.63, 3.8) is 0 Å². The molecule has 1 rings (SSSR count). The molecule has 0 aromatic heterocycles. The van der Waals surface area contributed by atoms with Crippen LogP contribution < -0.4 is 0 Å². The molecule has 0 aromatic rings. The van der Waals surface area contributed by atoms with Crippen molar-refractivity contribution in [2.75, 3.05) is 0 Å². The average molecular weight is 364 g/mol. The first-order valence-corrected chi connectivity index (χ1v) is 7.74. The van der Waals surface area contributed by atoms with Crippen molar-refractivity contribution in [3.8, 4) is 0 Å². The van der Waals surface area contributed by atoms with Crippen molar-refractivity contribution < 1.29 is 41.0 Å². The zero-order valence-corrected chi connectivity index (χ0v) is 13.8. The smallest absolute Gasteiger partial charge is 0.430 e. The number of esters is 1. The Morgan fingerprint density at radius 2 is 1.42 bits per heavy atom. The van der Waals surface area contributed by atoms with Gasteiger partial charge in [-0.05, 0) is 46.0 Å². The first-order valence-electron chi connectivity index (χ1n) is 7.74. The van der Waals surface area contributed by atoms with Crippen molar-refractivity contribution in [2.24, 2.45) is 5.41 Å². The standard InChI is InChI=1S/C15H22F6O3/c1-4-11(2,3)10(22)24-12(8-6-5-7-9-12)13(23,14(16,17)18)15(19,20)21/h23H,4-9H2,1-3H3. The molecule has 1 aliphatic carbocycles. The maximum absolute atomic E-state index is 13.3. The first-order chi connectivity index (χ1) is 10.6. The van der Waals surface area contributed by atoms with Gasteiger partial charge < -0.3 is 9.84 Å². The Balaban J connectivity index is 3.46. The van der Waals surface area contributed by atoms with E-state index in [9.17, 15) is 36.2 Å². The normalized spacial score (nSPS) is 19.9. The molecule has 0 atom stereocenters. The maximum Gasteiger partial charge on any atom is 0.430 e. The fourth-order valence-corrected chi connectivity index (χ4v) is 2.80. The summed E-state index contributed by atoms with van der Waals surface area (Å²) < 4.78 is 84.6. The lowest BCUT2D eigenvalue weighted by molar-refractivity contribution is -0.416. The van der Waals surface area contributed by atoms with Gasteiger partial charge in [-0.25, -0.2) is 0 Å². The molecule has 142 valence electrons. The number of hydrogen-bond acceptors (Lipinski definition) is 3. The average Bonchev–Trinajstić information content (AvgIpc) is 2.44. The third-order valence-corrected chi connectivity index (χ3v) is 4.87. The lowest BCUT2D eigenvalue weighted by atomic mass is 9.71. The van der Waals surface area contributed by atoms with Crippen LogP contribution in [0.1, 0.15) is 59.3 Å². The second-order valence-corrected chi connectivity index (χ2v) is 6.89. The molecule has 1 fully saturated rings. The third kappa shape index (κ3) is 3.36. The summed E-state index contributed by atoms with van der Waals surface area (Å²) >= 11 is 0. The maximum atomic E-state index is 13.3. The van der Waals surface area contributed by atoms with Crippen molar-refractivity contribution in [2.45, 2.75) is 82.9 Å². The molecule has 0 saturated heterocycles. The second-order valence-electron chi connectivity index (χ2n) is 6.89. The molecule has 0 unspecified atom stereocenters. The Labute approximate surface area is 136 Å². The highest BCUT2D eigenvalue weighted by molar-refractivity contribution is 5.76. The molecule has 0 radical (unpaired) electrons. The Morgan fingerprint density at radius 1 is 1.00 bits per heavy atom. The summed E-state index contributed by atoms with van der Waals surface area (Å²) in [6.07, 6.45) is -12.9. The third-order valence-electron chi connectivity index (χ3n) is 4.87. The highest BCUT2D eigenvalue weighted by Crippen LogP contribution is 2.55. The van der Waals surface area contributed by atoms with Gasteiger partial charge in [-0.15, -0.1) is 0 Å². The Bertz CT molecular complexity index is 447. The zero-order chi connectivity index (χ0) is 19.0. The Hall–Kier alpha value is -0.990. The SMILES string of the molecule is CCC(C)(C)C(=O)OC1(C(O)(C(F)(F)F)C(F)(F)F)CCCCC1. The molecule has 9 heteroatoms. The summed E-state index contributed by atoms with van der Waals surface area (Å²) in [5.41, 5.74) is -9.43. The second kappa shape index (κ2) is 6.38. The van der Waals surface area contributed by atoms with Crippen molar-refractivity contribution >= 4 is 5.97 Å². The van der Waals surface area contributed by atoms with Crippen LogP contribution in [0.3, 0.4) is 0 Å². The van der Waals surface area contributed by atoms with Gasteiger partial charge in [0, 0.05) is 0 Å². The Morgan fingerprint density at radius 3 is 1.75 bits per heavy atom. The van der Waals surface area contributed by atoms with E-state index >= 15 is 0 Å². The fraction of sp³-hybridized carbons (Fsp3) is 0.933. The molecule has 0 amide bonds. The molecule has 0 heterocycles. The first kappa shape index (κ1) is 21.1. The van der Waals surface area contributed by atoms with Crippen LogP contribution in [0.4, 0.5) is 26.3 Å². The van der Waals surface area contributed by atoms with Crippen LogP contribution in [0, 0.1) is 5.41 Å². The zero-order valence-electron chi connectivity index (χ0n) is 13.8. The van der Waals surface area contributed by atoms with Gasteiger partial charge >= 0.3 is 18.3 Å². The molecular formula is C15H22F6O3. The quantitative estimate of drug-likeness (QED) is 0.589. The minimum absolute atomic E-state index is 0.00565. The van der Waals surface area contributed by atoms with Gasteiger partial charge in [0.2, 0.25) is 0 Å². The van der Waals surface area contributed by atoms with Gasteiger partial charge in [-0.3, -0.25) is 4.79 Å². The Kier molecular flexibility index (Phi) is 5.60. The number of carbonyl (C=O) groups excluding carboxylic acids is 1. The number of ether oxygens (including phenoxy) is 1. The fourth-order valence-electron chi connectivity index (χ4n) is 2.80. The number of hydrogen-bond donors (Lipinski definition) is 1. The minimum atomic E-state index is -6.03. The van der Waals surface area contributed by atoms with E-state index in [1.807, 2.05) is 0 Å². The van der Waals surface area contributed by atoms with E-state index in [-0.39, 0.29) is 19.3 Å². The number of carbonyl (C=O) groups is 1. The molecular weight excluding hydrogens is 342 g/mol. The van der Waals surface area contributed by atoms with Crippen LogP contribution in [0.15, 0.2) is 0 Å². The highest BCUT2D eigenvalue weighted by atomic mass is 19.4. The van der Waals surface area contributed by atoms with Gasteiger partial charge in [-0.1, -0.05) is 13.3 Å². The molecule has 3 nitrogen and oxygen atoms in total. The van der Waals surface area contributed by atoms with Crippen LogP contribution >= 0.6 is 0 Å². The van der Waals surface area contributed by atoms with E-state index in [0.29, 0.717) is 6.42 Å². The summed E-state index contributed by atoms with van der Waals surface area (Å²) in [7, 11) is 0. The number of aliphatic hydroxyl groups is 1. The van der Waals surface area contributed by atoms with E-state index in [1.165, 1.54) is 13.8 Å². The van der Waals surface area contributed by atoms with Gasteiger partial charge in [0.1, 0.15) is 0 Å². The van der Waals surface area contributed by atoms with Crippen molar-refractivity contribution in [1.82, 2.24) is 0 Å². The molecule has 0 aromatic carbocycles. The number of rotatable bonds is 4. The molecule has 24 heavy (non-hydrogen) atoms. The van der Waals surface area contributed by atoms with Crippen LogP contribution in [0.5, 0.6) is 0 Å². The molecule has 1 saturated carbocycles.